The zero-order valence-corrected chi connectivity index (χ0v) is 16.4. The molecule has 0 radical (unpaired) electrons. The number of rotatable bonds is 11. The quantitative estimate of drug-likeness (QED) is 0.369. The first kappa shape index (κ1) is 20.5. The van der Waals surface area contributed by atoms with E-state index in [1.165, 1.54) is 44.1 Å². The summed E-state index contributed by atoms with van der Waals surface area (Å²) in [6, 6.07) is 0. The lowest BCUT2D eigenvalue weighted by Crippen LogP contribution is -2.31. The van der Waals surface area contributed by atoms with E-state index in [9.17, 15) is 0 Å². The van der Waals surface area contributed by atoms with Gasteiger partial charge in [0.05, 0.1) is 12.2 Å². The van der Waals surface area contributed by atoms with E-state index < -0.39 is 0 Å². The van der Waals surface area contributed by atoms with Crippen LogP contribution in [-0.2, 0) is 4.74 Å². The minimum atomic E-state index is 0.0435. The Morgan fingerprint density at radius 2 is 2.00 bits per heavy atom. The molecule has 0 saturated heterocycles. The van der Waals surface area contributed by atoms with Crippen LogP contribution in [0.5, 0.6) is 0 Å². The standard InChI is InChI=1S/C22H40O/c1-7-10-14-22(6,15-13-18(4)8-2)23-17-20-11-12-21(16-20)19(5)9-3/h9,20-21H,4,7-8,10-17H2,1-3,5-6H3/b19-9+. The van der Waals surface area contributed by atoms with Crippen molar-refractivity contribution in [3.05, 3.63) is 23.8 Å². The summed E-state index contributed by atoms with van der Waals surface area (Å²) in [6.07, 6.45) is 13.3. The molecule has 0 aromatic heterocycles. The lowest BCUT2D eigenvalue weighted by molar-refractivity contribution is -0.0596. The number of allylic oxidation sites excluding steroid dienone is 3. The van der Waals surface area contributed by atoms with Gasteiger partial charge in [-0.2, -0.15) is 0 Å². The number of hydrogen-bond acceptors (Lipinski definition) is 1. The Hall–Kier alpha value is -0.560. The van der Waals surface area contributed by atoms with Crippen LogP contribution >= 0.6 is 0 Å². The summed E-state index contributed by atoms with van der Waals surface area (Å²) in [4.78, 5) is 0. The molecule has 1 saturated carbocycles. The summed E-state index contributed by atoms with van der Waals surface area (Å²) in [7, 11) is 0. The highest BCUT2D eigenvalue weighted by molar-refractivity contribution is 5.04. The van der Waals surface area contributed by atoms with Gasteiger partial charge in [-0.1, -0.05) is 50.5 Å². The Morgan fingerprint density at radius 1 is 1.26 bits per heavy atom. The first-order valence-electron chi connectivity index (χ1n) is 9.87. The Bertz CT molecular complexity index is 381. The molecule has 0 bridgehead atoms. The summed E-state index contributed by atoms with van der Waals surface area (Å²) in [5.74, 6) is 1.56. The number of ether oxygens (including phenoxy) is 1. The molecular weight excluding hydrogens is 280 g/mol. The van der Waals surface area contributed by atoms with E-state index in [1.807, 2.05) is 0 Å². The van der Waals surface area contributed by atoms with Crippen LogP contribution < -0.4 is 0 Å². The van der Waals surface area contributed by atoms with Crippen LogP contribution in [0.15, 0.2) is 23.8 Å². The van der Waals surface area contributed by atoms with Crippen molar-refractivity contribution in [2.45, 2.75) is 98.0 Å². The lowest BCUT2D eigenvalue weighted by Gasteiger charge is -2.32. The first-order valence-corrected chi connectivity index (χ1v) is 9.87. The number of unbranched alkanes of at least 4 members (excludes halogenated alkanes) is 1. The lowest BCUT2D eigenvalue weighted by atomic mass is 9.90. The van der Waals surface area contributed by atoms with E-state index in [-0.39, 0.29) is 5.60 Å². The van der Waals surface area contributed by atoms with Gasteiger partial charge in [-0.15, -0.1) is 0 Å². The zero-order chi connectivity index (χ0) is 17.3. The average molecular weight is 321 g/mol. The van der Waals surface area contributed by atoms with Crippen LogP contribution in [0.4, 0.5) is 0 Å². The summed E-state index contributed by atoms with van der Waals surface area (Å²) < 4.78 is 6.51. The molecular formula is C22H40O. The topological polar surface area (TPSA) is 9.23 Å². The smallest absolute Gasteiger partial charge is 0.0657 e. The Morgan fingerprint density at radius 3 is 2.61 bits per heavy atom. The van der Waals surface area contributed by atoms with Crippen molar-refractivity contribution < 1.29 is 4.74 Å². The molecule has 0 spiro atoms. The Labute approximate surface area is 145 Å². The van der Waals surface area contributed by atoms with Gasteiger partial charge < -0.3 is 4.74 Å². The molecule has 0 aliphatic heterocycles. The van der Waals surface area contributed by atoms with Crippen LogP contribution in [0.1, 0.15) is 92.4 Å². The maximum absolute atomic E-state index is 6.51. The van der Waals surface area contributed by atoms with Crippen molar-refractivity contribution in [3.8, 4) is 0 Å². The van der Waals surface area contributed by atoms with Crippen molar-refractivity contribution in [1.82, 2.24) is 0 Å². The van der Waals surface area contributed by atoms with Crippen LogP contribution in [0.25, 0.3) is 0 Å². The summed E-state index contributed by atoms with van der Waals surface area (Å²) in [5, 5.41) is 0. The summed E-state index contributed by atoms with van der Waals surface area (Å²) in [5.41, 5.74) is 2.98. The molecule has 3 unspecified atom stereocenters. The third kappa shape index (κ3) is 7.25. The molecule has 0 N–H and O–H groups in total. The third-order valence-corrected chi connectivity index (χ3v) is 5.87. The van der Waals surface area contributed by atoms with Crippen LogP contribution in [0, 0.1) is 11.8 Å². The zero-order valence-electron chi connectivity index (χ0n) is 16.4. The molecule has 23 heavy (non-hydrogen) atoms. The molecule has 0 aromatic rings. The van der Waals surface area contributed by atoms with Gasteiger partial charge in [-0.05, 0) is 77.6 Å². The van der Waals surface area contributed by atoms with E-state index >= 15 is 0 Å². The van der Waals surface area contributed by atoms with Gasteiger partial charge in [-0.25, -0.2) is 0 Å². The molecule has 1 fully saturated rings. The van der Waals surface area contributed by atoms with Gasteiger partial charge in [0.2, 0.25) is 0 Å². The van der Waals surface area contributed by atoms with Crippen LogP contribution in [0.2, 0.25) is 0 Å². The van der Waals surface area contributed by atoms with Crippen molar-refractivity contribution in [2.24, 2.45) is 11.8 Å². The van der Waals surface area contributed by atoms with E-state index in [0.717, 1.165) is 37.7 Å². The highest BCUT2D eigenvalue weighted by Crippen LogP contribution is 2.37. The Balaban J connectivity index is 2.48. The molecule has 1 nitrogen and oxygen atoms in total. The van der Waals surface area contributed by atoms with Crippen LogP contribution in [-0.4, -0.2) is 12.2 Å². The SMILES string of the molecule is C=C(CC)CCC(C)(CCCC)OCC1CCC(/C(C)=C/C)C1. The largest absolute Gasteiger partial charge is 0.375 e. The molecule has 1 aliphatic rings. The van der Waals surface area contributed by atoms with Crippen molar-refractivity contribution in [1.29, 1.82) is 0 Å². The maximum atomic E-state index is 6.51. The molecule has 0 aromatic carbocycles. The van der Waals surface area contributed by atoms with E-state index in [4.69, 9.17) is 4.74 Å². The average Bonchev–Trinajstić information content (AvgIpc) is 3.04. The molecule has 1 rings (SSSR count). The molecule has 0 amide bonds. The molecule has 134 valence electrons. The second-order valence-electron chi connectivity index (χ2n) is 7.88. The molecule has 3 atom stereocenters. The van der Waals surface area contributed by atoms with Gasteiger partial charge in [0, 0.05) is 0 Å². The van der Waals surface area contributed by atoms with Crippen molar-refractivity contribution in [2.75, 3.05) is 6.61 Å². The second-order valence-corrected chi connectivity index (χ2v) is 7.88. The fourth-order valence-electron chi connectivity index (χ4n) is 3.63. The summed E-state index contributed by atoms with van der Waals surface area (Å²) >= 11 is 0. The third-order valence-electron chi connectivity index (χ3n) is 5.87. The number of hydrogen-bond donors (Lipinski definition) is 0. The highest BCUT2D eigenvalue weighted by Gasteiger charge is 2.30. The van der Waals surface area contributed by atoms with Gasteiger partial charge in [0.25, 0.3) is 0 Å². The first-order chi connectivity index (χ1) is 10.9. The van der Waals surface area contributed by atoms with E-state index in [2.05, 4.69) is 47.3 Å². The van der Waals surface area contributed by atoms with E-state index in [0.29, 0.717) is 0 Å². The normalized spacial score (nSPS) is 24.7. The molecule has 1 heteroatoms. The molecule has 1 aliphatic carbocycles. The fourth-order valence-corrected chi connectivity index (χ4v) is 3.63. The minimum absolute atomic E-state index is 0.0435. The van der Waals surface area contributed by atoms with E-state index in [1.54, 1.807) is 5.57 Å². The monoisotopic (exact) mass is 320 g/mol. The highest BCUT2D eigenvalue weighted by atomic mass is 16.5. The van der Waals surface area contributed by atoms with Crippen LogP contribution in [0.3, 0.4) is 0 Å². The maximum Gasteiger partial charge on any atom is 0.0657 e. The Kier molecular flexibility index (Phi) is 9.20. The van der Waals surface area contributed by atoms with Gasteiger partial charge in [0.1, 0.15) is 0 Å². The second kappa shape index (κ2) is 10.3. The predicted octanol–water partition coefficient (Wildman–Crippen LogP) is 7.08. The minimum Gasteiger partial charge on any atom is -0.375 e. The predicted molar refractivity (Wildman–Crippen MR) is 103 cm³/mol. The van der Waals surface area contributed by atoms with Gasteiger partial charge >= 0.3 is 0 Å². The molecule has 0 heterocycles. The fraction of sp³-hybridized carbons (Fsp3) is 0.818. The van der Waals surface area contributed by atoms with Crippen molar-refractivity contribution in [3.63, 3.8) is 0 Å². The van der Waals surface area contributed by atoms with Gasteiger partial charge in [-0.3, -0.25) is 0 Å². The summed E-state index contributed by atoms with van der Waals surface area (Å²) in [6.45, 7) is 16.4. The van der Waals surface area contributed by atoms with Gasteiger partial charge in [0.15, 0.2) is 0 Å². The van der Waals surface area contributed by atoms with Crippen molar-refractivity contribution >= 4 is 0 Å².